The number of hydrogen-bond donors (Lipinski definition) is 1. The van der Waals surface area contributed by atoms with E-state index in [1.807, 2.05) is 0 Å². The lowest BCUT2D eigenvalue weighted by Crippen LogP contribution is -2.35. The first kappa shape index (κ1) is 21.8. The fourth-order valence-electron chi connectivity index (χ4n) is 3.59. The van der Waals surface area contributed by atoms with Gasteiger partial charge in [-0.2, -0.15) is 0 Å². The number of carbonyl (C=O) groups is 2. The number of amides is 1. The molecule has 0 spiro atoms. The summed E-state index contributed by atoms with van der Waals surface area (Å²) in [4.78, 5) is 26.3. The first-order valence-corrected chi connectivity index (χ1v) is 11.9. The number of rotatable bonds is 6. The Morgan fingerprint density at radius 2 is 1.81 bits per heavy atom. The maximum Gasteiger partial charge on any atom is 0.338 e. The first-order chi connectivity index (χ1) is 15.4. The van der Waals surface area contributed by atoms with E-state index in [1.165, 1.54) is 42.5 Å². The minimum absolute atomic E-state index is 0.0321. The van der Waals surface area contributed by atoms with Crippen LogP contribution in [0, 0.1) is 0 Å². The molecule has 0 aliphatic carbocycles. The smallest absolute Gasteiger partial charge is 0.338 e. The summed E-state index contributed by atoms with van der Waals surface area (Å²) in [5, 5.41) is 4.24. The number of carbonyl (C=O) groups excluding carboxylic acids is 2. The number of esters is 1. The molecule has 2 aromatic carbocycles. The Hall–Kier alpha value is -3.40. The number of piperidine rings is 1. The molecule has 10 heteroatoms. The van der Waals surface area contributed by atoms with Gasteiger partial charge in [-0.1, -0.05) is 5.16 Å². The second kappa shape index (κ2) is 8.99. The van der Waals surface area contributed by atoms with E-state index in [9.17, 15) is 18.0 Å². The summed E-state index contributed by atoms with van der Waals surface area (Å²) in [5.41, 5.74) is 1.05. The summed E-state index contributed by atoms with van der Waals surface area (Å²) in [6.45, 7) is 3.25. The quantitative estimate of drug-likeness (QED) is 0.563. The molecule has 1 aromatic heterocycles. The molecular weight excluding hydrogens is 434 g/mol. The second-order valence-corrected chi connectivity index (χ2v) is 9.13. The van der Waals surface area contributed by atoms with E-state index in [1.54, 1.807) is 11.8 Å². The Bertz CT molecular complexity index is 1240. The summed E-state index contributed by atoms with van der Waals surface area (Å²) < 4.78 is 38.5. The molecule has 1 amide bonds. The van der Waals surface area contributed by atoms with Gasteiger partial charge in [0.2, 0.25) is 0 Å². The third-order valence-electron chi connectivity index (χ3n) is 5.25. The molecule has 1 saturated heterocycles. The molecule has 0 bridgehead atoms. The SMILES string of the molecule is CCOC(=O)c1ccc(NS(=O)(=O)c2ccc3onc(C(=O)N4CCCCC4)c3c2)cc1. The fraction of sp³-hybridized carbons (Fsp3) is 0.318. The van der Waals surface area contributed by atoms with E-state index in [2.05, 4.69) is 9.88 Å². The number of nitrogens with one attached hydrogen (secondary N) is 1. The number of aromatic nitrogens is 1. The highest BCUT2D eigenvalue weighted by molar-refractivity contribution is 7.92. The van der Waals surface area contributed by atoms with Gasteiger partial charge in [0.15, 0.2) is 11.3 Å². The van der Waals surface area contributed by atoms with Gasteiger partial charge in [0.1, 0.15) is 0 Å². The molecule has 1 aliphatic rings. The van der Waals surface area contributed by atoms with Crippen molar-refractivity contribution in [1.82, 2.24) is 10.1 Å². The van der Waals surface area contributed by atoms with E-state index in [-0.39, 0.29) is 28.8 Å². The van der Waals surface area contributed by atoms with Gasteiger partial charge in [-0.25, -0.2) is 13.2 Å². The van der Waals surface area contributed by atoms with E-state index in [4.69, 9.17) is 9.26 Å². The van der Waals surface area contributed by atoms with Crippen LogP contribution in [-0.2, 0) is 14.8 Å². The molecule has 1 fully saturated rings. The molecule has 4 rings (SSSR count). The summed E-state index contributed by atoms with van der Waals surface area (Å²) >= 11 is 0. The van der Waals surface area contributed by atoms with Crippen molar-refractivity contribution in [2.45, 2.75) is 31.1 Å². The van der Waals surface area contributed by atoms with Crippen molar-refractivity contribution in [3.63, 3.8) is 0 Å². The molecule has 0 saturated carbocycles. The molecule has 0 unspecified atom stereocenters. The first-order valence-electron chi connectivity index (χ1n) is 10.4. The lowest BCUT2D eigenvalue weighted by Gasteiger charge is -2.25. The summed E-state index contributed by atoms with van der Waals surface area (Å²) in [6, 6.07) is 10.2. The number of benzene rings is 2. The highest BCUT2D eigenvalue weighted by Gasteiger charge is 2.25. The van der Waals surface area contributed by atoms with Crippen molar-refractivity contribution in [2.24, 2.45) is 0 Å². The van der Waals surface area contributed by atoms with Crippen molar-refractivity contribution in [1.29, 1.82) is 0 Å². The Balaban J connectivity index is 1.58. The number of anilines is 1. The molecular formula is C22H23N3O6S. The molecule has 2 heterocycles. The maximum absolute atomic E-state index is 12.9. The number of likely N-dealkylation sites (tertiary alicyclic amines) is 1. The Kier molecular flexibility index (Phi) is 6.13. The molecule has 1 aliphatic heterocycles. The molecule has 168 valence electrons. The van der Waals surface area contributed by atoms with Crippen molar-refractivity contribution >= 4 is 38.6 Å². The third kappa shape index (κ3) is 4.45. The van der Waals surface area contributed by atoms with Gasteiger partial charge in [-0.3, -0.25) is 9.52 Å². The van der Waals surface area contributed by atoms with Crippen LogP contribution in [0.1, 0.15) is 47.0 Å². The highest BCUT2D eigenvalue weighted by atomic mass is 32.2. The zero-order valence-electron chi connectivity index (χ0n) is 17.5. The minimum Gasteiger partial charge on any atom is -0.462 e. The van der Waals surface area contributed by atoms with Crippen LogP contribution in [-0.4, -0.2) is 50.0 Å². The maximum atomic E-state index is 12.9. The van der Waals surface area contributed by atoms with Gasteiger partial charge in [0.25, 0.3) is 15.9 Å². The van der Waals surface area contributed by atoms with Gasteiger partial charge in [-0.05, 0) is 68.7 Å². The average Bonchev–Trinajstić information content (AvgIpc) is 3.23. The molecule has 0 atom stereocenters. The number of hydrogen-bond acceptors (Lipinski definition) is 7. The summed E-state index contributed by atoms with van der Waals surface area (Å²) in [6.07, 6.45) is 2.94. The van der Waals surface area contributed by atoms with Crippen LogP contribution >= 0.6 is 0 Å². The lowest BCUT2D eigenvalue weighted by molar-refractivity contribution is 0.0526. The summed E-state index contributed by atoms with van der Waals surface area (Å²) in [5.74, 6) is -0.744. The lowest BCUT2D eigenvalue weighted by atomic mass is 10.1. The molecule has 32 heavy (non-hydrogen) atoms. The van der Waals surface area contributed by atoms with Crippen molar-refractivity contribution in [3.8, 4) is 0 Å². The number of nitrogens with zero attached hydrogens (tertiary/aromatic N) is 2. The van der Waals surface area contributed by atoms with Crippen LogP contribution in [0.5, 0.6) is 0 Å². The number of fused-ring (bicyclic) bond motifs is 1. The standard InChI is InChI=1S/C22H23N3O6S/c1-2-30-22(27)15-6-8-16(9-7-15)24-32(28,29)17-10-11-19-18(14-17)20(23-31-19)21(26)25-12-4-3-5-13-25/h6-11,14,24H,2-5,12-13H2,1H3. The Morgan fingerprint density at radius 3 is 2.50 bits per heavy atom. The van der Waals surface area contributed by atoms with Crippen molar-refractivity contribution in [2.75, 3.05) is 24.4 Å². The van der Waals surface area contributed by atoms with E-state index < -0.39 is 16.0 Å². The predicted molar refractivity (Wildman–Crippen MR) is 117 cm³/mol. The molecule has 9 nitrogen and oxygen atoms in total. The van der Waals surface area contributed by atoms with Crippen LogP contribution in [0.2, 0.25) is 0 Å². The number of ether oxygens (including phenoxy) is 1. The average molecular weight is 458 g/mol. The van der Waals surface area contributed by atoms with Gasteiger partial charge in [-0.15, -0.1) is 0 Å². The molecule has 0 radical (unpaired) electrons. The zero-order chi connectivity index (χ0) is 22.7. The predicted octanol–water partition coefficient (Wildman–Crippen LogP) is 3.43. The van der Waals surface area contributed by atoms with Gasteiger partial charge in [0, 0.05) is 18.8 Å². The van der Waals surface area contributed by atoms with Crippen molar-refractivity contribution < 1.29 is 27.3 Å². The Labute approximate surface area is 185 Å². The summed E-state index contributed by atoms with van der Waals surface area (Å²) in [7, 11) is -3.95. The van der Waals surface area contributed by atoms with E-state index in [0.717, 1.165) is 19.3 Å². The largest absolute Gasteiger partial charge is 0.462 e. The van der Waals surface area contributed by atoms with Crippen LogP contribution in [0.3, 0.4) is 0 Å². The normalized spacial score (nSPS) is 14.3. The van der Waals surface area contributed by atoms with Gasteiger partial charge in [0.05, 0.1) is 22.5 Å². The second-order valence-electron chi connectivity index (χ2n) is 7.45. The third-order valence-corrected chi connectivity index (χ3v) is 6.62. The van der Waals surface area contributed by atoms with Crippen LogP contribution in [0.4, 0.5) is 5.69 Å². The topological polar surface area (TPSA) is 119 Å². The monoisotopic (exact) mass is 457 g/mol. The Morgan fingerprint density at radius 1 is 1.09 bits per heavy atom. The van der Waals surface area contributed by atoms with E-state index >= 15 is 0 Å². The van der Waals surface area contributed by atoms with Crippen LogP contribution in [0.25, 0.3) is 11.0 Å². The van der Waals surface area contributed by atoms with Crippen molar-refractivity contribution in [3.05, 3.63) is 53.7 Å². The van der Waals surface area contributed by atoms with Gasteiger partial charge >= 0.3 is 5.97 Å². The molecule has 1 N–H and O–H groups in total. The van der Waals surface area contributed by atoms with Crippen LogP contribution < -0.4 is 4.72 Å². The van der Waals surface area contributed by atoms with Gasteiger partial charge < -0.3 is 14.2 Å². The number of sulfonamides is 1. The zero-order valence-corrected chi connectivity index (χ0v) is 18.4. The minimum atomic E-state index is -3.95. The van der Waals surface area contributed by atoms with E-state index in [0.29, 0.717) is 29.6 Å². The fourth-order valence-corrected chi connectivity index (χ4v) is 4.67. The molecule has 3 aromatic rings. The highest BCUT2D eigenvalue weighted by Crippen LogP contribution is 2.26. The van der Waals surface area contributed by atoms with Crippen LogP contribution in [0.15, 0.2) is 51.9 Å².